The minimum atomic E-state index is -0.0588. The number of ether oxygens (including phenoxy) is 1. The van der Waals surface area contributed by atoms with Crippen LogP contribution in [0.1, 0.15) is 53.0 Å². The topological polar surface area (TPSA) is 56.1 Å². The van der Waals surface area contributed by atoms with Crippen molar-refractivity contribution >= 4 is 28.5 Å². The van der Waals surface area contributed by atoms with Gasteiger partial charge in [-0.15, -0.1) is 0 Å². The van der Waals surface area contributed by atoms with E-state index in [0.29, 0.717) is 23.7 Å². The number of carbonyl (C=O) groups excluding carboxylic acids is 1. The molecule has 4 aromatic rings. The molecule has 0 saturated heterocycles. The van der Waals surface area contributed by atoms with Gasteiger partial charge in [-0.1, -0.05) is 47.9 Å². The lowest BCUT2D eigenvalue weighted by Gasteiger charge is -2.12. The lowest BCUT2D eigenvalue weighted by atomic mass is 10.1. The third-order valence-corrected chi connectivity index (χ3v) is 6.57. The molecule has 0 bridgehead atoms. The summed E-state index contributed by atoms with van der Waals surface area (Å²) in [5.74, 6) is 2.02. The monoisotopic (exact) mass is 503 g/mol. The third kappa shape index (κ3) is 6.88. The van der Waals surface area contributed by atoms with Gasteiger partial charge in [0.1, 0.15) is 11.6 Å². The molecule has 1 heterocycles. The maximum absolute atomic E-state index is 12.2. The summed E-state index contributed by atoms with van der Waals surface area (Å²) in [6.07, 6.45) is 4.82. The summed E-state index contributed by atoms with van der Waals surface area (Å²) < 4.78 is 8.39. The summed E-state index contributed by atoms with van der Waals surface area (Å²) >= 11 is 5.89. The molecular weight excluding hydrogens is 470 g/mol. The smallest absolute Gasteiger partial charge is 0.251 e. The number of aryl methyl sites for hydroxylation is 4. The summed E-state index contributed by atoms with van der Waals surface area (Å²) in [6, 6.07) is 21.6. The summed E-state index contributed by atoms with van der Waals surface area (Å²) in [4.78, 5) is 17.1. The molecule has 5 nitrogen and oxygen atoms in total. The number of rotatable bonds is 12. The van der Waals surface area contributed by atoms with E-state index in [1.165, 1.54) is 16.6 Å². The number of fused-ring (bicyclic) bond motifs is 1. The van der Waals surface area contributed by atoms with Gasteiger partial charge < -0.3 is 14.6 Å². The number of unbranched alkanes of at least 4 members (excludes halogenated alkanes) is 2. The molecule has 0 aliphatic carbocycles. The Morgan fingerprint density at radius 3 is 2.58 bits per heavy atom. The van der Waals surface area contributed by atoms with E-state index in [4.69, 9.17) is 21.3 Å². The summed E-state index contributed by atoms with van der Waals surface area (Å²) in [5, 5.41) is 3.62. The van der Waals surface area contributed by atoms with E-state index in [1.54, 1.807) is 24.3 Å². The van der Waals surface area contributed by atoms with Gasteiger partial charge in [-0.05, 0) is 81.1 Å². The maximum Gasteiger partial charge on any atom is 0.251 e. The minimum absolute atomic E-state index is 0.0588. The lowest BCUT2D eigenvalue weighted by molar-refractivity contribution is 0.0953. The first kappa shape index (κ1) is 25.8. The van der Waals surface area contributed by atoms with Crippen molar-refractivity contribution in [3.63, 3.8) is 0 Å². The highest BCUT2D eigenvalue weighted by molar-refractivity contribution is 6.30. The van der Waals surface area contributed by atoms with Crippen LogP contribution >= 0.6 is 11.6 Å². The molecule has 4 rings (SSSR count). The Kier molecular flexibility index (Phi) is 9.01. The van der Waals surface area contributed by atoms with E-state index >= 15 is 0 Å². The van der Waals surface area contributed by atoms with Crippen molar-refractivity contribution in [2.45, 2.75) is 52.5 Å². The first-order valence-corrected chi connectivity index (χ1v) is 13.1. The van der Waals surface area contributed by atoms with Crippen molar-refractivity contribution in [2.75, 3.05) is 13.2 Å². The third-order valence-electron chi connectivity index (χ3n) is 6.32. The number of imidazole rings is 1. The second kappa shape index (κ2) is 12.6. The van der Waals surface area contributed by atoms with Gasteiger partial charge in [0.15, 0.2) is 0 Å². The molecule has 1 N–H and O–H groups in total. The van der Waals surface area contributed by atoms with E-state index in [0.717, 1.165) is 55.7 Å². The second-order valence-corrected chi connectivity index (χ2v) is 9.65. The van der Waals surface area contributed by atoms with Crippen LogP contribution < -0.4 is 10.1 Å². The maximum atomic E-state index is 12.2. The van der Waals surface area contributed by atoms with Crippen molar-refractivity contribution in [3.8, 4) is 5.75 Å². The minimum Gasteiger partial charge on any atom is -0.493 e. The second-order valence-electron chi connectivity index (χ2n) is 9.21. The summed E-state index contributed by atoms with van der Waals surface area (Å²) in [7, 11) is 0. The summed E-state index contributed by atoms with van der Waals surface area (Å²) in [5.41, 5.74) is 5.27. The highest BCUT2D eigenvalue weighted by Crippen LogP contribution is 2.21. The van der Waals surface area contributed by atoms with Crippen LogP contribution in [-0.4, -0.2) is 28.6 Å². The molecule has 0 unspecified atom stereocenters. The fraction of sp³-hybridized carbons (Fsp3) is 0.333. The van der Waals surface area contributed by atoms with Crippen LogP contribution in [0.2, 0.25) is 5.02 Å². The van der Waals surface area contributed by atoms with Crippen LogP contribution in [0.4, 0.5) is 0 Å². The van der Waals surface area contributed by atoms with Gasteiger partial charge in [-0.2, -0.15) is 0 Å². The molecule has 188 valence electrons. The predicted octanol–water partition coefficient (Wildman–Crippen LogP) is 6.92. The zero-order valence-corrected chi connectivity index (χ0v) is 21.9. The van der Waals surface area contributed by atoms with E-state index < -0.39 is 0 Å². The SMILES string of the molecule is Cc1ccc(OCCCn2c(CCCCCNC(=O)c3ccc(Cl)cc3)nc3ccccc32)c(C)c1. The van der Waals surface area contributed by atoms with Crippen molar-refractivity contribution in [3.05, 3.63) is 94.3 Å². The van der Waals surface area contributed by atoms with Gasteiger partial charge >= 0.3 is 0 Å². The van der Waals surface area contributed by atoms with Gasteiger partial charge in [0.25, 0.3) is 5.91 Å². The molecular formula is C30H34ClN3O2. The number of nitrogens with zero attached hydrogens (tertiary/aromatic N) is 2. The first-order valence-electron chi connectivity index (χ1n) is 12.7. The van der Waals surface area contributed by atoms with Crippen molar-refractivity contribution in [1.82, 2.24) is 14.9 Å². The highest BCUT2D eigenvalue weighted by Gasteiger charge is 2.11. The largest absolute Gasteiger partial charge is 0.493 e. The molecule has 6 heteroatoms. The van der Waals surface area contributed by atoms with E-state index in [1.807, 2.05) is 6.07 Å². The van der Waals surface area contributed by atoms with E-state index in [2.05, 4.69) is 60.1 Å². The molecule has 0 fully saturated rings. The van der Waals surface area contributed by atoms with Gasteiger partial charge in [0.2, 0.25) is 0 Å². The molecule has 0 aliphatic heterocycles. The number of amides is 1. The average Bonchev–Trinajstić information content (AvgIpc) is 3.22. The Morgan fingerprint density at radius 1 is 0.972 bits per heavy atom. The van der Waals surface area contributed by atoms with Gasteiger partial charge in [0.05, 0.1) is 17.6 Å². The molecule has 0 spiro atoms. The molecule has 0 atom stereocenters. The van der Waals surface area contributed by atoms with Gasteiger partial charge in [-0.3, -0.25) is 4.79 Å². The Morgan fingerprint density at radius 2 is 1.78 bits per heavy atom. The zero-order valence-electron chi connectivity index (χ0n) is 21.1. The number of nitrogens with one attached hydrogen (secondary N) is 1. The number of para-hydroxylation sites is 2. The quantitative estimate of drug-likeness (QED) is 0.213. The Bertz CT molecular complexity index is 1300. The van der Waals surface area contributed by atoms with Crippen LogP contribution in [0.15, 0.2) is 66.7 Å². The Balaban J connectivity index is 1.25. The fourth-order valence-corrected chi connectivity index (χ4v) is 4.55. The van der Waals surface area contributed by atoms with Crippen LogP contribution in [0.3, 0.4) is 0 Å². The Hall–Kier alpha value is -3.31. The molecule has 36 heavy (non-hydrogen) atoms. The number of hydrogen-bond acceptors (Lipinski definition) is 3. The lowest BCUT2D eigenvalue weighted by Crippen LogP contribution is -2.24. The molecule has 3 aromatic carbocycles. The predicted molar refractivity (Wildman–Crippen MR) is 147 cm³/mol. The number of carbonyl (C=O) groups is 1. The number of hydrogen-bond donors (Lipinski definition) is 1. The average molecular weight is 504 g/mol. The van der Waals surface area contributed by atoms with Crippen LogP contribution in [0, 0.1) is 13.8 Å². The molecule has 1 aromatic heterocycles. The van der Waals surface area contributed by atoms with Crippen LogP contribution in [0.25, 0.3) is 11.0 Å². The normalized spacial score (nSPS) is 11.1. The van der Waals surface area contributed by atoms with Crippen LogP contribution in [-0.2, 0) is 13.0 Å². The van der Waals surface area contributed by atoms with Crippen molar-refractivity contribution in [1.29, 1.82) is 0 Å². The molecule has 0 aliphatic rings. The van der Waals surface area contributed by atoms with Gasteiger partial charge in [0, 0.05) is 30.1 Å². The van der Waals surface area contributed by atoms with Crippen molar-refractivity contribution < 1.29 is 9.53 Å². The first-order chi connectivity index (χ1) is 17.5. The van der Waals surface area contributed by atoms with Gasteiger partial charge in [-0.25, -0.2) is 4.98 Å². The highest BCUT2D eigenvalue weighted by atomic mass is 35.5. The number of aromatic nitrogens is 2. The Labute approximate surface area is 218 Å². The van der Waals surface area contributed by atoms with Crippen LogP contribution in [0.5, 0.6) is 5.75 Å². The standard InChI is InChI=1S/C30H34ClN3O2/c1-22-12-17-28(23(2)21-22)36-20-8-19-34-27-10-6-5-9-26(27)33-29(34)11-4-3-7-18-32-30(35)24-13-15-25(31)16-14-24/h5-6,9-10,12-17,21H,3-4,7-8,11,18-20H2,1-2H3,(H,32,35). The molecule has 1 amide bonds. The number of benzene rings is 3. The summed E-state index contributed by atoms with van der Waals surface area (Å²) in [6.45, 7) is 6.39. The van der Waals surface area contributed by atoms with E-state index in [-0.39, 0.29) is 5.91 Å². The van der Waals surface area contributed by atoms with E-state index in [9.17, 15) is 4.79 Å². The zero-order chi connectivity index (χ0) is 25.3. The molecule has 0 saturated carbocycles. The molecule has 0 radical (unpaired) electrons. The van der Waals surface area contributed by atoms with Crippen molar-refractivity contribution in [2.24, 2.45) is 0 Å². The number of halogens is 1. The fourth-order valence-electron chi connectivity index (χ4n) is 4.42.